The molecule has 1 heterocycles. The molecule has 0 saturated heterocycles. The standard InChI is InChI=1S/C21H22N4O4S/c1-15-7-9-19(10-8-15)30(27,28)25(2)14-20-22-12-16(13-23-20)21(26)24-17-5-4-6-18(11-17)29-3/h4-13H,14H2,1-3H3,(H,24,26). The normalized spacial score (nSPS) is 11.3. The number of nitrogens with zero attached hydrogens (tertiary/aromatic N) is 3. The van der Waals surface area contributed by atoms with Crippen LogP contribution in [0.3, 0.4) is 0 Å². The van der Waals surface area contributed by atoms with Gasteiger partial charge in [-0.05, 0) is 31.2 Å². The average molecular weight is 426 g/mol. The summed E-state index contributed by atoms with van der Waals surface area (Å²) in [5.74, 6) is 0.527. The number of amides is 1. The van der Waals surface area contributed by atoms with Crippen molar-refractivity contribution < 1.29 is 17.9 Å². The third-order valence-electron chi connectivity index (χ3n) is 4.39. The van der Waals surface area contributed by atoms with Crippen LogP contribution in [-0.2, 0) is 16.6 Å². The molecule has 0 radical (unpaired) electrons. The predicted octanol–water partition coefficient (Wildman–Crippen LogP) is 2.87. The van der Waals surface area contributed by atoms with Crippen LogP contribution in [0.5, 0.6) is 5.75 Å². The summed E-state index contributed by atoms with van der Waals surface area (Å²) in [5, 5.41) is 2.74. The Hall–Kier alpha value is -3.30. The molecule has 0 saturated carbocycles. The third kappa shape index (κ3) is 5.00. The van der Waals surface area contributed by atoms with Crippen LogP contribution in [0.15, 0.2) is 65.8 Å². The molecule has 156 valence electrons. The first kappa shape index (κ1) is 21.4. The van der Waals surface area contributed by atoms with E-state index in [1.165, 1.54) is 23.7 Å². The molecule has 1 N–H and O–H groups in total. The fourth-order valence-electron chi connectivity index (χ4n) is 2.63. The fraction of sp³-hybridized carbons (Fsp3) is 0.190. The van der Waals surface area contributed by atoms with Gasteiger partial charge in [0.2, 0.25) is 10.0 Å². The Labute approximate surface area is 175 Å². The number of nitrogens with one attached hydrogen (secondary N) is 1. The van der Waals surface area contributed by atoms with Gasteiger partial charge < -0.3 is 10.1 Å². The topological polar surface area (TPSA) is 101 Å². The van der Waals surface area contributed by atoms with E-state index in [1.807, 2.05) is 6.92 Å². The first-order valence-electron chi connectivity index (χ1n) is 9.09. The van der Waals surface area contributed by atoms with Gasteiger partial charge in [0.25, 0.3) is 5.91 Å². The lowest BCUT2D eigenvalue weighted by Gasteiger charge is -2.16. The second-order valence-electron chi connectivity index (χ2n) is 6.65. The summed E-state index contributed by atoms with van der Waals surface area (Å²) in [5.41, 5.74) is 1.81. The van der Waals surface area contributed by atoms with Gasteiger partial charge in [0, 0.05) is 31.2 Å². The van der Waals surface area contributed by atoms with Crippen molar-refractivity contribution in [1.82, 2.24) is 14.3 Å². The van der Waals surface area contributed by atoms with Gasteiger partial charge in [0.1, 0.15) is 11.6 Å². The zero-order valence-corrected chi connectivity index (χ0v) is 17.7. The van der Waals surface area contributed by atoms with Crippen molar-refractivity contribution >= 4 is 21.6 Å². The largest absolute Gasteiger partial charge is 0.497 e. The highest BCUT2D eigenvalue weighted by Gasteiger charge is 2.21. The summed E-state index contributed by atoms with van der Waals surface area (Å²) in [4.78, 5) is 20.8. The molecule has 30 heavy (non-hydrogen) atoms. The Morgan fingerprint density at radius 2 is 1.77 bits per heavy atom. The van der Waals surface area contributed by atoms with Crippen LogP contribution in [-0.4, -0.2) is 42.8 Å². The van der Waals surface area contributed by atoms with Crippen molar-refractivity contribution in [2.75, 3.05) is 19.5 Å². The maximum atomic E-state index is 12.7. The zero-order valence-electron chi connectivity index (χ0n) is 16.9. The molecule has 0 spiro atoms. The van der Waals surface area contributed by atoms with E-state index in [9.17, 15) is 13.2 Å². The van der Waals surface area contributed by atoms with E-state index in [2.05, 4.69) is 15.3 Å². The van der Waals surface area contributed by atoms with E-state index in [0.29, 0.717) is 11.4 Å². The number of carbonyl (C=O) groups excluding carboxylic acids is 1. The van der Waals surface area contributed by atoms with Gasteiger partial charge in [0.05, 0.1) is 24.1 Å². The SMILES string of the molecule is COc1cccc(NC(=O)c2cnc(CN(C)S(=O)(=O)c3ccc(C)cc3)nc2)c1. The van der Waals surface area contributed by atoms with Gasteiger partial charge in [-0.25, -0.2) is 18.4 Å². The Morgan fingerprint density at radius 1 is 1.10 bits per heavy atom. The highest BCUT2D eigenvalue weighted by molar-refractivity contribution is 7.89. The Bertz CT molecular complexity index is 1130. The molecule has 0 fully saturated rings. The summed E-state index contributed by atoms with van der Waals surface area (Å²) in [7, 11) is -0.660. The Balaban J connectivity index is 1.67. The van der Waals surface area contributed by atoms with E-state index < -0.39 is 10.0 Å². The summed E-state index contributed by atoms with van der Waals surface area (Å²) in [6.45, 7) is 1.87. The third-order valence-corrected chi connectivity index (χ3v) is 6.21. The van der Waals surface area contributed by atoms with Gasteiger partial charge >= 0.3 is 0 Å². The second kappa shape index (κ2) is 9.02. The highest BCUT2D eigenvalue weighted by Crippen LogP contribution is 2.18. The minimum atomic E-state index is -3.67. The van der Waals surface area contributed by atoms with E-state index in [4.69, 9.17) is 4.74 Å². The van der Waals surface area contributed by atoms with Crippen molar-refractivity contribution in [3.63, 3.8) is 0 Å². The molecule has 0 bridgehead atoms. The first-order valence-corrected chi connectivity index (χ1v) is 10.5. The molecular weight excluding hydrogens is 404 g/mol. The number of methoxy groups -OCH3 is 1. The van der Waals surface area contributed by atoms with E-state index in [-0.39, 0.29) is 28.7 Å². The average Bonchev–Trinajstić information content (AvgIpc) is 2.74. The Kier molecular flexibility index (Phi) is 6.43. The molecule has 0 aliphatic heterocycles. The zero-order chi connectivity index (χ0) is 21.7. The minimum Gasteiger partial charge on any atom is -0.497 e. The highest BCUT2D eigenvalue weighted by atomic mass is 32.2. The fourth-order valence-corrected chi connectivity index (χ4v) is 3.76. The number of rotatable bonds is 7. The monoisotopic (exact) mass is 426 g/mol. The summed E-state index contributed by atoms with van der Waals surface area (Å²) < 4.78 is 31.6. The number of ether oxygens (including phenoxy) is 1. The van der Waals surface area contributed by atoms with Crippen LogP contribution in [0.25, 0.3) is 0 Å². The number of carbonyl (C=O) groups is 1. The minimum absolute atomic E-state index is 0.0198. The first-order chi connectivity index (χ1) is 14.3. The molecule has 0 atom stereocenters. The molecule has 8 nitrogen and oxygen atoms in total. The van der Waals surface area contributed by atoms with Crippen molar-refractivity contribution in [3.05, 3.63) is 77.9 Å². The van der Waals surface area contributed by atoms with E-state index >= 15 is 0 Å². The van der Waals surface area contributed by atoms with E-state index in [0.717, 1.165) is 5.56 Å². The molecule has 0 aliphatic rings. The van der Waals surface area contributed by atoms with Crippen LogP contribution in [0.1, 0.15) is 21.7 Å². The maximum absolute atomic E-state index is 12.7. The molecule has 0 unspecified atom stereocenters. The summed E-state index contributed by atoms with van der Waals surface area (Å²) in [6, 6.07) is 13.6. The van der Waals surface area contributed by atoms with Gasteiger partial charge in [-0.15, -0.1) is 0 Å². The van der Waals surface area contributed by atoms with Crippen LogP contribution in [0, 0.1) is 6.92 Å². The smallest absolute Gasteiger partial charge is 0.258 e. The lowest BCUT2D eigenvalue weighted by Crippen LogP contribution is -2.27. The number of hydrogen-bond donors (Lipinski definition) is 1. The van der Waals surface area contributed by atoms with Crippen molar-refractivity contribution in [3.8, 4) is 5.75 Å². The van der Waals surface area contributed by atoms with Crippen LogP contribution < -0.4 is 10.1 Å². The van der Waals surface area contributed by atoms with Crippen LogP contribution >= 0.6 is 0 Å². The van der Waals surface area contributed by atoms with Crippen LogP contribution in [0.2, 0.25) is 0 Å². The summed E-state index contributed by atoms with van der Waals surface area (Å²) >= 11 is 0. The molecular formula is C21H22N4O4S. The molecule has 1 aromatic heterocycles. The number of sulfonamides is 1. The van der Waals surface area contributed by atoms with Crippen molar-refractivity contribution in [2.24, 2.45) is 0 Å². The number of aromatic nitrogens is 2. The molecule has 9 heteroatoms. The maximum Gasteiger partial charge on any atom is 0.258 e. The number of hydrogen-bond acceptors (Lipinski definition) is 6. The summed E-state index contributed by atoms with van der Waals surface area (Å²) in [6.07, 6.45) is 2.73. The number of benzene rings is 2. The number of aryl methyl sites for hydroxylation is 1. The Morgan fingerprint density at radius 3 is 2.40 bits per heavy atom. The molecule has 2 aromatic carbocycles. The lowest BCUT2D eigenvalue weighted by atomic mass is 10.2. The van der Waals surface area contributed by atoms with Gasteiger partial charge in [-0.2, -0.15) is 4.31 Å². The lowest BCUT2D eigenvalue weighted by molar-refractivity contribution is 0.102. The van der Waals surface area contributed by atoms with Crippen molar-refractivity contribution in [1.29, 1.82) is 0 Å². The van der Waals surface area contributed by atoms with E-state index in [1.54, 1.807) is 55.6 Å². The quantitative estimate of drug-likeness (QED) is 0.623. The van der Waals surface area contributed by atoms with Gasteiger partial charge in [-0.1, -0.05) is 23.8 Å². The van der Waals surface area contributed by atoms with Crippen molar-refractivity contribution in [2.45, 2.75) is 18.4 Å². The number of anilines is 1. The van der Waals surface area contributed by atoms with Crippen LogP contribution in [0.4, 0.5) is 5.69 Å². The van der Waals surface area contributed by atoms with Gasteiger partial charge in [-0.3, -0.25) is 4.79 Å². The molecule has 1 amide bonds. The van der Waals surface area contributed by atoms with Gasteiger partial charge in [0.15, 0.2) is 0 Å². The predicted molar refractivity (Wildman–Crippen MR) is 113 cm³/mol. The second-order valence-corrected chi connectivity index (χ2v) is 8.69. The molecule has 3 rings (SSSR count). The molecule has 0 aliphatic carbocycles. The molecule has 3 aromatic rings.